The Morgan fingerprint density at radius 2 is 1.86 bits per heavy atom. The number of hydrogen-bond donors (Lipinski definition) is 1. The molecule has 2 saturated carbocycles. The molecule has 1 N–H and O–H groups in total. The van der Waals surface area contributed by atoms with Crippen LogP contribution in [0.3, 0.4) is 0 Å². The van der Waals surface area contributed by atoms with Crippen LogP contribution in [-0.4, -0.2) is 19.1 Å². The van der Waals surface area contributed by atoms with Crippen LogP contribution < -0.4 is 11.2 Å². The van der Waals surface area contributed by atoms with Gasteiger partial charge in [0, 0.05) is 19.5 Å². The normalized spacial score (nSPS) is 18.5. The quantitative estimate of drug-likeness (QED) is 0.914. The second-order valence-electron chi connectivity index (χ2n) is 6.82. The fourth-order valence-corrected chi connectivity index (χ4v) is 3.58. The molecule has 0 amide bonds. The summed E-state index contributed by atoms with van der Waals surface area (Å²) in [7, 11) is 1.54. The molecule has 118 valence electrons. The Bertz CT molecular complexity index is 824. The van der Waals surface area contributed by atoms with Crippen LogP contribution >= 0.6 is 0 Å². The average Bonchev–Trinajstić information content (AvgIpc) is 3.42. The summed E-state index contributed by atoms with van der Waals surface area (Å²) in [6.45, 7) is 2.61. The van der Waals surface area contributed by atoms with E-state index in [1.54, 1.807) is 4.57 Å². The van der Waals surface area contributed by atoms with E-state index in [9.17, 15) is 9.59 Å². The van der Waals surface area contributed by atoms with Crippen LogP contribution in [0.25, 0.3) is 11.2 Å². The second kappa shape index (κ2) is 4.83. The molecule has 0 aromatic carbocycles. The second-order valence-corrected chi connectivity index (χ2v) is 6.82. The number of aromatic nitrogens is 4. The standard InChI is InChI=1S/C16H22N4O2/c1-3-8-20-14-12(15(21)19(2)16(20)22)17-13(18-14)11(9-4-5-9)10-6-7-10/h9-11H,3-8H2,1-2H3,(H,17,18). The summed E-state index contributed by atoms with van der Waals surface area (Å²) in [6.07, 6.45) is 5.88. The molecule has 2 aromatic heterocycles. The molecular formula is C16H22N4O2. The van der Waals surface area contributed by atoms with E-state index in [0.717, 1.165) is 12.2 Å². The Labute approximate surface area is 128 Å². The summed E-state index contributed by atoms with van der Waals surface area (Å²) in [5.41, 5.74) is 0.483. The smallest absolute Gasteiger partial charge is 0.332 e. The van der Waals surface area contributed by atoms with Crippen LogP contribution in [0.2, 0.25) is 0 Å². The number of nitrogens with one attached hydrogen (secondary N) is 1. The van der Waals surface area contributed by atoms with Gasteiger partial charge in [0.15, 0.2) is 5.65 Å². The van der Waals surface area contributed by atoms with Crippen molar-refractivity contribution in [3.63, 3.8) is 0 Å². The zero-order chi connectivity index (χ0) is 15.4. The zero-order valence-corrected chi connectivity index (χ0v) is 13.1. The SMILES string of the molecule is CCCn1c(=O)n(C)c(=O)c2[nH]c(C(C3CC3)C3CC3)nc21. The first-order chi connectivity index (χ1) is 10.6. The molecule has 0 spiro atoms. The minimum absolute atomic E-state index is 0.267. The van der Waals surface area contributed by atoms with Gasteiger partial charge in [-0.2, -0.15) is 0 Å². The number of fused-ring (bicyclic) bond motifs is 1. The largest absolute Gasteiger partial charge is 0.336 e. The Balaban J connectivity index is 1.92. The first kappa shape index (κ1) is 13.8. The molecule has 0 atom stereocenters. The number of aryl methyl sites for hydroxylation is 1. The zero-order valence-electron chi connectivity index (χ0n) is 13.1. The maximum absolute atomic E-state index is 12.4. The van der Waals surface area contributed by atoms with E-state index in [2.05, 4.69) is 4.98 Å². The lowest BCUT2D eigenvalue weighted by atomic mass is 9.97. The van der Waals surface area contributed by atoms with Crippen molar-refractivity contribution in [1.29, 1.82) is 0 Å². The van der Waals surface area contributed by atoms with E-state index in [1.807, 2.05) is 6.92 Å². The van der Waals surface area contributed by atoms with Gasteiger partial charge in [0.05, 0.1) is 0 Å². The molecule has 4 rings (SSSR count). The first-order valence-corrected chi connectivity index (χ1v) is 8.31. The van der Waals surface area contributed by atoms with Gasteiger partial charge in [0.2, 0.25) is 0 Å². The van der Waals surface area contributed by atoms with E-state index in [0.29, 0.717) is 35.5 Å². The Morgan fingerprint density at radius 3 is 2.41 bits per heavy atom. The van der Waals surface area contributed by atoms with Gasteiger partial charge in [0.1, 0.15) is 11.3 Å². The van der Waals surface area contributed by atoms with Gasteiger partial charge < -0.3 is 4.98 Å². The van der Waals surface area contributed by atoms with Crippen molar-refractivity contribution in [3.05, 3.63) is 26.7 Å². The summed E-state index contributed by atoms with van der Waals surface area (Å²) in [5, 5.41) is 0. The lowest BCUT2D eigenvalue weighted by molar-refractivity contribution is 0.513. The highest BCUT2D eigenvalue weighted by Gasteiger charge is 2.44. The van der Waals surface area contributed by atoms with E-state index in [-0.39, 0.29) is 11.2 Å². The molecule has 0 radical (unpaired) electrons. The van der Waals surface area contributed by atoms with Crippen molar-refractivity contribution in [2.24, 2.45) is 18.9 Å². The maximum atomic E-state index is 12.4. The molecular weight excluding hydrogens is 280 g/mol. The van der Waals surface area contributed by atoms with Crippen LogP contribution in [0, 0.1) is 11.8 Å². The van der Waals surface area contributed by atoms with Crippen molar-refractivity contribution in [3.8, 4) is 0 Å². The number of imidazole rings is 1. The summed E-state index contributed by atoms with van der Waals surface area (Å²) in [6, 6.07) is 0. The van der Waals surface area contributed by atoms with Gasteiger partial charge in [-0.25, -0.2) is 9.78 Å². The van der Waals surface area contributed by atoms with Gasteiger partial charge in [-0.15, -0.1) is 0 Å². The number of aromatic amines is 1. The molecule has 22 heavy (non-hydrogen) atoms. The Morgan fingerprint density at radius 1 is 1.23 bits per heavy atom. The first-order valence-electron chi connectivity index (χ1n) is 8.31. The molecule has 6 nitrogen and oxygen atoms in total. The maximum Gasteiger partial charge on any atom is 0.332 e. The summed E-state index contributed by atoms with van der Waals surface area (Å²) in [4.78, 5) is 32.7. The van der Waals surface area contributed by atoms with Crippen LogP contribution in [0.1, 0.15) is 50.8 Å². The molecule has 0 saturated heterocycles. The van der Waals surface area contributed by atoms with Gasteiger partial charge in [-0.3, -0.25) is 13.9 Å². The van der Waals surface area contributed by atoms with E-state index >= 15 is 0 Å². The minimum atomic E-state index is -0.271. The molecule has 2 aliphatic rings. The lowest BCUT2D eigenvalue weighted by Gasteiger charge is -2.11. The van der Waals surface area contributed by atoms with Crippen LogP contribution in [0.4, 0.5) is 0 Å². The van der Waals surface area contributed by atoms with Crippen molar-refractivity contribution in [2.75, 3.05) is 0 Å². The van der Waals surface area contributed by atoms with Gasteiger partial charge in [0.25, 0.3) is 5.56 Å². The predicted molar refractivity (Wildman–Crippen MR) is 84.1 cm³/mol. The van der Waals surface area contributed by atoms with Gasteiger partial charge in [-0.05, 0) is 43.9 Å². The molecule has 0 bridgehead atoms. The van der Waals surface area contributed by atoms with Crippen molar-refractivity contribution in [1.82, 2.24) is 19.1 Å². The molecule has 2 heterocycles. The number of nitrogens with zero attached hydrogens (tertiary/aromatic N) is 3. The summed E-state index contributed by atoms with van der Waals surface area (Å²) >= 11 is 0. The summed E-state index contributed by atoms with van der Waals surface area (Å²) in [5.74, 6) is 2.79. The van der Waals surface area contributed by atoms with Crippen LogP contribution in [0.15, 0.2) is 9.59 Å². The number of hydrogen-bond acceptors (Lipinski definition) is 3. The van der Waals surface area contributed by atoms with Crippen LogP contribution in [0.5, 0.6) is 0 Å². The number of H-pyrrole nitrogens is 1. The molecule has 2 fully saturated rings. The van der Waals surface area contributed by atoms with E-state index in [4.69, 9.17) is 4.98 Å². The van der Waals surface area contributed by atoms with Crippen LogP contribution in [-0.2, 0) is 13.6 Å². The third kappa shape index (κ3) is 2.04. The fraction of sp³-hybridized carbons (Fsp3) is 0.688. The topological polar surface area (TPSA) is 72.7 Å². The molecule has 2 aliphatic carbocycles. The van der Waals surface area contributed by atoms with E-state index in [1.165, 1.54) is 37.3 Å². The van der Waals surface area contributed by atoms with Gasteiger partial charge >= 0.3 is 5.69 Å². The van der Waals surface area contributed by atoms with Crippen molar-refractivity contribution in [2.45, 2.75) is 51.5 Å². The lowest BCUT2D eigenvalue weighted by Crippen LogP contribution is -2.38. The molecule has 2 aromatic rings. The third-order valence-electron chi connectivity index (χ3n) is 5.02. The highest BCUT2D eigenvalue weighted by molar-refractivity contribution is 5.70. The van der Waals surface area contributed by atoms with Crippen molar-refractivity contribution < 1.29 is 0 Å². The highest BCUT2D eigenvalue weighted by atomic mass is 16.2. The minimum Gasteiger partial charge on any atom is -0.336 e. The molecule has 0 unspecified atom stereocenters. The average molecular weight is 302 g/mol. The Hall–Kier alpha value is -1.85. The van der Waals surface area contributed by atoms with Crippen molar-refractivity contribution >= 4 is 11.2 Å². The summed E-state index contributed by atoms with van der Waals surface area (Å²) < 4.78 is 2.82. The molecule has 6 heteroatoms. The predicted octanol–water partition coefficient (Wildman–Crippen LogP) is 1.74. The monoisotopic (exact) mass is 302 g/mol. The Kier molecular flexibility index (Phi) is 3.03. The third-order valence-corrected chi connectivity index (χ3v) is 5.02. The molecule has 0 aliphatic heterocycles. The highest BCUT2D eigenvalue weighted by Crippen LogP contribution is 2.53. The van der Waals surface area contributed by atoms with E-state index < -0.39 is 0 Å². The number of rotatable bonds is 5. The van der Waals surface area contributed by atoms with Gasteiger partial charge in [-0.1, -0.05) is 6.92 Å². The fourth-order valence-electron chi connectivity index (χ4n) is 3.58.